The Labute approximate surface area is 160 Å². The fraction of sp³-hybridized carbons (Fsp3) is 0.0667. The van der Waals surface area contributed by atoms with Crippen LogP contribution in [0.4, 0.5) is 0 Å². The van der Waals surface area contributed by atoms with Crippen molar-refractivity contribution in [2.75, 3.05) is 0 Å². The van der Waals surface area contributed by atoms with E-state index in [0.29, 0.717) is 31.9 Å². The summed E-state index contributed by atoms with van der Waals surface area (Å²) in [7, 11) is 0. The van der Waals surface area contributed by atoms with Crippen LogP contribution < -0.4 is 15.8 Å². The lowest BCUT2D eigenvalue weighted by Crippen LogP contribution is -2.34. The topological polar surface area (TPSA) is 64.3 Å². The number of hydrogen-bond acceptors (Lipinski definition) is 3. The molecule has 2 rings (SSSR count). The Hall–Kier alpha value is -1.15. The minimum absolute atomic E-state index is 0.0784. The highest BCUT2D eigenvalue weighted by molar-refractivity contribution is 9.11. The molecule has 2 aromatic carbocycles. The number of rotatable bonds is 4. The molecule has 0 heterocycles. The number of thiocarbonyl (C=S) groups is 1. The van der Waals surface area contributed by atoms with Crippen molar-refractivity contribution in [1.29, 1.82) is 0 Å². The summed E-state index contributed by atoms with van der Waals surface area (Å²) < 4.78 is 7.06. The first-order chi connectivity index (χ1) is 10.9. The predicted octanol–water partition coefficient (Wildman–Crippen LogP) is 4.42. The largest absolute Gasteiger partial charge is 0.487 e. The molecule has 0 fully saturated rings. The van der Waals surface area contributed by atoms with E-state index in [-0.39, 0.29) is 11.0 Å². The zero-order valence-corrected chi connectivity index (χ0v) is 16.4. The number of hydrogen-bond donors (Lipinski definition) is 2. The second-order valence-electron chi connectivity index (χ2n) is 4.50. The second kappa shape index (κ2) is 8.10. The molecule has 0 saturated heterocycles. The molecule has 0 bridgehead atoms. The van der Waals surface area contributed by atoms with Gasteiger partial charge in [-0.15, -0.1) is 0 Å². The number of carbonyl (C=O) groups is 1. The number of nitrogens with two attached hydrogens (primary N) is 1. The molecule has 8 heteroatoms. The van der Waals surface area contributed by atoms with E-state index in [1.54, 1.807) is 24.3 Å². The highest BCUT2D eigenvalue weighted by atomic mass is 79.9. The lowest BCUT2D eigenvalue weighted by Gasteiger charge is -2.12. The van der Waals surface area contributed by atoms with Crippen molar-refractivity contribution in [3.05, 3.63) is 61.5 Å². The fourth-order valence-electron chi connectivity index (χ4n) is 1.75. The average molecular weight is 479 g/mol. The molecule has 0 atom stereocenters. The van der Waals surface area contributed by atoms with E-state index in [4.69, 9.17) is 22.1 Å². The molecule has 120 valence electrons. The first kappa shape index (κ1) is 18.2. The third-order valence-electron chi connectivity index (χ3n) is 2.79. The zero-order chi connectivity index (χ0) is 17.0. The van der Waals surface area contributed by atoms with Gasteiger partial charge in [-0.25, -0.2) is 0 Å². The van der Waals surface area contributed by atoms with E-state index < -0.39 is 0 Å². The summed E-state index contributed by atoms with van der Waals surface area (Å²) >= 11 is 17.3. The molecule has 0 unspecified atom stereocenters. The number of amides is 1. The molecular weight excluding hydrogens is 468 g/mol. The number of halogens is 3. The van der Waals surface area contributed by atoms with Gasteiger partial charge in [0.05, 0.1) is 8.95 Å². The molecule has 4 nitrogen and oxygen atoms in total. The maximum atomic E-state index is 11.9. The molecule has 3 N–H and O–H groups in total. The lowest BCUT2D eigenvalue weighted by atomic mass is 10.2. The first-order valence-electron chi connectivity index (χ1n) is 6.34. The van der Waals surface area contributed by atoms with Gasteiger partial charge in [0.25, 0.3) is 5.91 Å². The molecule has 23 heavy (non-hydrogen) atoms. The summed E-state index contributed by atoms with van der Waals surface area (Å²) in [4.78, 5) is 11.9. The van der Waals surface area contributed by atoms with Crippen LogP contribution in [0, 0.1) is 0 Å². The van der Waals surface area contributed by atoms with Crippen molar-refractivity contribution < 1.29 is 9.53 Å². The number of nitrogens with one attached hydrogen (secondary N) is 1. The monoisotopic (exact) mass is 476 g/mol. The summed E-state index contributed by atoms with van der Waals surface area (Å²) in [5, 5.41) is 2.96. The first-order valence-corrected chi connectivity index (χ1v) is 8.71. The van der Waals surface area contributed by atoms with E-state index in [9.17, 15) is 4.79 Å². The zero-order valence-electron chi connectivity index (χ0n) is 11.6. The van der Waals surface area contributed by atoms with Crippen LogP contribution in [0.15, 0.2) is 45.3 Å². The van der Waals surface area contributed by atoms with E-state index in [0.717, 1.165) is 5.56 Å². The summed E-state index contributed by atoms with van der Waals surface area (Å²) in [5.74, 6) is 0.204. The summed E-state index contributed by atoms with van der Waals surface area (Å²) in [6, 6.07) is 10.6. The number of carbonyl (C=O) groups excluding carboxylic acids is 1. The van der Waals surface area contributed by atoms with Crippen LogP contribution in [0.5, 0.6) is 5.75 Å². The van der Waals surface area contributed by atoms with Crippen LogP contribution in [0.3, 0.4) is 0 Å². The van der Waals surface area contributed by atoms with Gasteiger partial charge in [-0.2, -0.15) is 0 Å². The van der Waals surface area contributed by atoms with Crippen molar-refractivity contribution in [2.24, 2.45) is 5.73 Å². The number of benzene rings is 2. The Morgan fingerprint density at radius 2 is 1.78 bits per heavy atom. The van der Waals surface area contributed by atoms with Crippen LogP contribution >= 0.6 is 55.7 Å². The Balaban J connectivity index is 2.15. The van der Waals surface area contributed by atoms with Crippen molar-refractivity contribution >= 4 is 66.7 Å². The summed E-state index contributed by atoms with van der Waals surface area (Å²) in [6.07, 6.45) is 0. The lowest BCUT2D eigenvalue weighted by molar-refractivity contribution is 0.0977. The van der Waals surface area contributed by atoms with Crippen LogP contribution in [-0.4, -0.2) is 11.0 Å². The Morgan fingerprint density at radius 3 is 2.30 bits per heavy atom. The molecule has 0 aromatic heterocycles. The van der Waals surface area contributed by atoms with Gasteiger partial charge in [0.1, 0.15) is 12.4 Å². The molecule has 0 aliphatic rings. The summed E-state index contributed by atoms with van der Waals surface area (Å²) in [5.41, 5.74) is 6.68. The second-order valence-corrected chi connectivity index (χ2v) is 7.09. The molecular formula is C15H11Br2ClN2O2S. The van der Waals surface area contributed by atoms with Gasteiger partial charge in [-0.3, -0.25) is 10.1 Å². The quantitative estimate of drug-likeness (QED) is 0.639. The molecule has 0 aliphatic carbocycles. The highest BCUT2D eigenvalue weighted by Gasteiger charge is 2.14. The normalized spacial score (nSPS) is 10.2. The summed E-state index contributed by atoms with van der Waals surface area (Å²) in [6.45, 7) is 0.368. The van der Waals surface area contributed by atoms with Gasteiger partial charge >= 0.3 is 0 Å². The highest BCUT2D eigenvalue weighted by Crippen LogP contribution is 2.35. The van der Waals surface area contributed by atoms with Gasteiger partial charge < -0.3 is 10.5 Å². The number of ether oxygens (including phenoxy) is 1. The van der Waals surface area contributed by atoms with Crippen molar-refractivity contribution in [1.82, 2.24) is 5.32 Å². The van der Waals surface area contributed by atoms with E-state index in [2.05, 4.69) is 49.4 Å². The van der Waals surface area contributed by atoms with E-state index >= 15 is 0 Å². The van der Waals surface area contributed by atoms with Crippen molar-refractivity contribution in [2.45, 2.75) is 6.61 Å². The molecule has 0 saturated carbocycles. The van der Waals surface area contributed by atoms with E-state index in [1.165, 1.54) is 0 Å². The van der Waals surface area contributed by atoms with Crippen LogP contribution in [-0.2, 0) is 6.61 Å². The molecule has 2 aromatic rings. The molecule has 0 spiro atoms. The maximum Gasteiger partial charge on any atom is 0.257 e. The Morgan fingerprint density at radius 1 is 1.22 bits per heavy atom. The molecule has 0 radical (unpaired) electrons. The molecule has 0 aliphatic heterocycles. The van der Waals surface area contributed by atoms with Crippen molar-refractivity contribution in [3.8, 4) is 5.75 Å². The third-order valence-corrected chi connectivity index (χ3v) is 4.33. The van der Waals surface area contributed by atoms with E-state index in [1.807, 2.05) is 12.1 Å². The third kappa shape index (κ3) is 5.17. The van der Waals surface area contributed by atoms with Gasteiger partial charge in [0.15, 0.2) is 5.11 Å². The van der Waals surface area contributed by atoms with Gasteiger partial charge in [0, 0.05) is 10.6 Å². The Bertz CT molecular complexity index is 731. The Kier molecular flexibility index (Phi) is 6.41. The smallest absolute Gasteiger partial charge is 0.257 e. The van der Waals surface area contributed by atoms with Crippen molar-refractivity contribution in [3.63, 3.8) is 0 Å². The minimum atomic E-state index is -0.386. The SMILES string of the molecule is NC(=S)NC(=O)c1cc(Br)c(OCc2ccc(Cl)cc2)c(Br)c1. The molecule has 1 amide bonds. The van der Waals surface area contributed by atoms with Crippen LogP contribution in [0.2, 0.25) is 5.02 Å². The van der Waals surface area contributed by atoms with Gasteiger partial charge in [0.2, 0.25) is 0 Å². The van der Waals surface area contributed by atoms with Crippen LogP contribution in [0.1, 0.15) is 15.9 Å². The van der Waals surface area contributed by atoms with Gasteiger partial charge in [-0.1, -0.05) is 23.7 Å². The average Bonchev–Trinajstić information content (AvgIpc) is 2.47. The van der Waals surface area contributed by atoms with Gasteiger partial charge in [-0.05, 0) is 73.9 Å². The maximum absolute atomic E-state index is 11.9. The minimum Gasteiger partial charge on any atom is -0.487 e. The fourth-order valence-corrected chi connectivity index (χ4v) is 3.38. The van der Waals surface area contributed by atoms with Crippen LogP contribution in [0.25, 0.3) is 0 Å². The standard InChI is InChI=1S/C15H11Br2ClN2O2S/c16-11-5-9(14(21)20-15(19)23)6-12(17)13(11)22-7-8-1-3-10(18)4-2-8/h1-6H,7H2,(H3,19,20,21,23). The predicted molar refractivity (Wildman–Crippen MR) is 102 cm³/mol.